The van der Waals surface area contributed by atoms with Crippen LogP contribution < -0.4 is 9.47 Å². The van der Waals surface area contributed by atoms with Gasteiger partial charge in [-0.3, -0.25) is 9.80 Å². The minimum atomic E-state index is 0.638. The molecule has 0 bridgehead atoms. The summed E-state index contributed by atoms with van der Waals surface area (Å²) in [6, 6.07) is 6.07. The van der Waals surface area contributed by atoms with E-state index in [2.05, 4.69) is 21.0 Å². The highest BCUT2D eigenvalue weighted by Gasteiger charge is 2.20. The summed E-state index contributed by atoms with van der Waals surface area (Å²) in [6.07, 6.45) is 0.882. The molecule has 1 saturated heterocycles. The molecule has 0 N–H and O–H groups in total. The van der Waals surface area contributed by atoms with Crippen molar-refractivity contribution in [1.82, 2.24) is 15.0 Å². The molecule has 0 saturated carbocycles. The van der Waals surface area contributed by atoms with Crippen LogP contribution in [0, 0.1) is 6.92 Å². The summed E-state index contributed by atoms with van der Waals surface area (Å²) >= 11 is 6.40. The van der Waals surface area contributed by atoms with E-state index in [0.29, 0.717) is 24.0 Å². The number of fused-ring (bicyclic) bond motifs is 1. The summed E-state index contributed by atoms with van der Waals surface area (Å²) in [5.41, 5.74) is 2.10. The van der Waals surface area contributed by atoms with E-state index in [1.54, 1.807) is 0 Å². The quantitative estimate of drug-likeness (QED) is 0.816. The van der Waals surface area contributed by atoms with Crippen molar-refractivity contribution >= 4 is 11.6 Å². The first-order valence-electron chi connectivity index (χ1n) is 9.12. The molecule has 1 fully saturated rings. The number of halogens is 1. The van der Waals surface area contributed by atoms with Crippen LogP contribution in [0.1, 0.15) is 23.4 Å². The van der Waals surface area contributed by atoms with E-state index in [1.165, 1.54) is 5.56 Å². The number of piperazine rings is 1. The molecule has 140 valence electrons. The summed E-state index contributed by atoms with van der Waals surface area (Å²) in [6.45, 7) is 9.02. The lowest BCUT2D eigenvalue weighted by Gasteiger charge is -2.34. The van der Waals surface area contributed by atoms with Crippen LogP contribution in [0.5, 0.6) is 11.5 Å². The fraction of sp³-hybridized carbons (Fsp3) is 0.526. The first-order valence-corrected chi connectivity index (χ1v) is 9.50. The summed E-state index contributed by atoms with van der Waals surface area (Å²) in [7, 11) is 0. The van der Waals surface area contributed by atoms with Gasteiger partial charge in [-0.25, -0.2) is 0 Å². The second-order valence-electron chi connectivity index (χ2n) is 6.94. The molecule has 0 atom stereocenters. The lowest BCUT2D eigenvalue weighted by molar-refractivity contribution is 0.113. The Hall–Kier alpha value is -1.76. The molecule has 7 heteroatoms. The number of benzene rings is 1. The second-order valence-corrected chi connectivity index (χ2v) is 7.35. The lowest BCUT2D eigenvalue weighted by atomic mass is 10.1. The Morgan fingerprint density at radius 2 is 1.73 bits per heavy atom. The van der Waals surface area contributed by atoms with Crippen molar-refractivity contribution in [2.75, 3.05) is 39.4 Å². The molecular weight excluding hydrogens is 354 g/mol. The maximum Gasteiger partial charge on any atom is 0.179 e. The van der Waals surface area contributed by atoms with Crippen molar-refractivity contribution in [3.05, 3.63) is 40.2 Å². The fourth-order valence-electron chi connectivity index (χ4n) is 3.45. The maximum absolute atomic E-state index is 6.40. The average Bonchev–Trinajstić information content (AvgIpc) is 2.88. The van der Waals surface area contributed by atoms with E-state index >= 15 is 0 Å². The molecule has 0 amide bonds. The molecule has 0 aliphatic carbocycles. The topological polar surface area (TPSA) is 51.0 Å². The number of aryl methyl sites for hydroxylation is 1. The van der Waals surface area contributed by atoms with E-state index in [-0.39, 0.29) is 0 Å². The van der Waals surface area contributed by atoms with Gasteiger partial charge in [0.25, 0.3) is 0 Å². The van der Waals surface area contributed by atoms with Gasteiger partial charge in [-0.15, -0.1) is 0 Å². The van der Waals surface area contributed by atoms with Crippen LogP contribution in [-0.2, 0) is 13.1 Å². The highest BCUT2D eigenvalue weighted by molar-refractivity contribution is 6.32. The van der Waals surface area contributed by atoms with Gasteiger partial charge < -0.3 is 14.0 Å². The third-order valence-corrected chi connectivity index (χ3v) is 5.07. The highest BCUT2D eigenvalue weighted by atomic mass is 35.5. The monoisotopic (exact) mass is 377 g/mol. The van der Waals surface area contributed by atoms with Crippen molar-refractivity contribution in [2.45, 2.75) is 26.4 Å². The molecule has 2 aliphatic rings. The second kappa shape index (κ2) is 7.86. The lowest BCUT2D eigenvalue weighted by Crippen LogP contribution is -2.45. The van der Waals surface area contributed by atoms with Gasteiger partial charge in [0.1, 0.15) is 0 Å². The van der Waals surface area contributed by atoms with Crippen molar-refractivity contribution in [2.24, 2.45) is 0 Å². The van der Waals surface area contributed by atoms with Gasteiger partial charge in [0.2, 0.25) is 0 Å². The van der Waals surface area contributed by atoms with E-state index < -0.39 is 0 Å². The maximum atomic E-state index is 6.40. The predicted octanol–water partition coefficient (Wildman–Crippen LogP) is 3.12. The van der Waals surface area contributed by atoms with E-state index in [4.69, 9.17) is 25.6 Å². The summed E-state index contributed by atoms with van der Waals surface area (Å²) in [4.78, 5) is 4.84. The third kappa shape index (κ3) is 4.14. The molecule has 3 heterocycles. The minimum absolute atomic E-state index is 0.638. The van der Waals surface area contributed by atoms with Gasteiger partial charge >= 0.3 is 0 Å². The van der Waals surface area contributed by atoms with Gasteiger partial charge in [0.05, 0.1) is 30.5 Å². The van der Waals surface area contributed by atoms with Crippen LogP contribution in [0.25, 0.3) is 0 Å². The Morgan fingerprint density at radius 1 is 1.00 bits per heavy atom. The molecular formula is C19H24ClN3O3. The van der Waals surface area contributed by atoms with Crippen LogP contribution >= 0.6 is 11.6 Å². The number of hydrogen-bond donors (Lipinski definition) is 0. The number of nitrogens with zero attached hydrogens (tertiary/aromatic N) is 3. The summed E-state index contributed by atoms with van der Waals surface area (Å²) < 4.78 is 16.8. The molecule has 0 spiro atoms. The molecule has 4 rings (SSSR count). The van der Waals surface area contributed by atoms with Crippen LogP contribution in [0.3, 0.4) is 0 Å². The first-order chi connectivity index (χ1) is 12.7. The molecule has 0 radical (unpaired) electrons. The largest absolute Gasteiger partial charge is 0.489 e. The van der Waals surface area contributed by atoms with Gasteiger partial charge in [-0.2, -0.15) is 0 Å². The summed E-state index contributed by atoms with van der Waals surface area (Å²) in [5.74, 6) is 2.38. The van der Waals surface area contributed by atoms with Crippen molar-refractivity contribution in [1.29, 1.82) is 0 Å². The van der Waals surface area contributed by atoms with Crippen LogP contribution in [0.2, 0.25) is 5.02 Å². The Labute approximate surface area is 158 Å². The molecule has 1 aromatic heterocycles. The van der Waals surface area contributed by atoms with Crippen LogP contribution in [0.15, 0.2) is 22.7 Å². The number of aromatic nitrogens is 1. The smallest absolute Gasteiger partial charge is 0.179 e. The van der Waals surface area contributed by atoms with Crippen molar-refractivity contribution < 1.29 is 14.0 Å². The zero-order valence-corrected chi connectivity index (χ0v) is 15.8. The van der Waals surface area contributed by atoms with Gasteiger partial charge in [0, 0.05) is 45.2 Å². The highest BCUT2D eigenvalue weighted by Crippen LogP contribution is 2.38. The minimum Gasteiger partial charge on any atom is -0.489 e. The van der Waals surface area contributed by atoms with Gasteiger partial charge in [0.15, 0.2) is 17.3 Å². The number of hydrogen-bond acceptors (Lipinski definition) is 6. The normalized spacial score (nSPS) is 18.7. The molecule has 26 heavy (non-hydrogen) atoms. The molecule has 2 aliphatic heterocycles. The summed E-state index contributed by atoms with van der Waals surface area (Å²) in [5, 5.41) is 4.59. The van der Waals surface area contributed by atoms with Crippen LogP contribution in [0.4, 0.5) is 0 Å². The first kappa shape index (κ1) is 17.6. The third-order valence-electron chi connectivity index (χ3n) is 4.79. The Kier molecular flexibility index (Phi) is 5.33. The average molecular weight is 378 g/mol. The van der Waals surface area contributed by atoms with E-state index in [0.717, 1.165) is 62.9 Å². The Balaban J connectivity index is 1.34. The van der Waals surface area contributed by atoms with Gasteiger partial charge in [-0.1, -0.05) is 16.8 Å². The Bertz CT molecular complexity index is 756. The van der Waals surface area contributed by atoms with E-state index in [1.807, 2.05) is 19.1 Å². The van der Waals surface area contributed by atoms with Gasteiger partial charge in [-0.05, 0) is 24.6 Å². The van der Waals surface area contributed by atoms with Crippen LogP contribution in [-0.4, -0.2) is 54.3 Å². The molecule has 1 aromatic carbocycles. The molecule has 2 aromatic rings. The van der Waals surface area contributed by atoms with Crippen molar-refractivity contribution in [3.8, 4) is 11.5 Å². The standard InChI is InChI=1S/C19H24ClN3O3/c1-14-9-16(26-21-14)13-23-5-3-22(4-6-23)12-15-10-17(20)19-18(11-15)24-7-2-8-25-19/h9-11H,2-8,12-13H2,1H3. The van der Waals surface area contributed by atoms with E-state index in [9.17, 15) is 0 Å². The fourth-order valence-corrected chi connectivity index (χ4v) is 3.74. The molecule has 6 nitrogen and oxygen atoms in total. The Morgan fingerprint density at radius 3 is 2.46 bits per heavy atom. The molecule has 0 unspecified atom stereocenters. The zero-order chi connectivity index (χ0) is 17.9. The number of ether oxygens (including phenoxy) is 2. The SMILES string of the molecule is Cc1cc(CN2CCN(Cc3cc(Cl)c4c(c3)OCCCO4)CC2)on1. The zero-order valence-electron chi connectivity index (χ0n) is 15.0. The predicted molar refractivity (Wildman–Crippen MR) is 98.9 cm³/mol. The number of rotatable bonds is 4. The van der Waals surface area contributed by atoms with Crippen molar-refractivity contribution in [3.63, 3.8) is 0 Å².